The van der Waals surface area contributed by atoms with Gasteiger partial charge in [0.15, 0.2) is 0 Å². The molecule has 0 unspecified atom stereocenters. The van der Waals surface area contributed by atoms with E-state index in [1.807, 2.05) is 9.80 Å². The van der Waals surface area contributed by atoms with Crippen molar-refractivity contribution in [2.24, 2.45) is 0 Å². The van der Waals surface area contributed by atoms with Crippen LogP contribution in [-0.4, -0.2) is 45.9 Å². The lowest BCUT2D eigenvalue weighted by molar-refractivity contribution is -0.137. The molecule has 4 N–H and O–H groups in total. The number of hydrogen-bond acceptors (Lipinski definition) is 6. The number of aromatic amines is 2. The second kappa shape index (κ2) is 21.4. The van der Waals surface area contributed by atoms with Crippen molar-refractivity contribution in [3.8, 4) is 0 Å². The summed E-state index contributed by atoms with van der Waals surface area (Å²) < 4.78 is 164. The number of halogens is 14. The van der Waals surface area contributed by atoms with E-state index in [1.165, 1.54) is 24.3 Å². The molecule has 24 heteroatoms. The maximum atomic E-state index is 13.9. The Bertz CT molecular complexity index is 2940. The number of benzene rings is 4. The highest BCUT2D eigenvalue weighted by Crippen LogP contribution is 2.46. The summed E-state index contributed by atoms with van der Waals surface area (Å²) in [5.74, 6) is -2.49. The predicted octanol–water partition coefficient (Wildman–Crippen LogP) is 14.0. The number of hydrogen-bond donors (Lipinski definition) is 4. The smallest absolute Gasteiger partial charge is 0.366 e. The Hall–Kier alpha value is -6.42. The maximum absolute atomic E-state index is 13.9. The number of alkyl halides is 12. The van der Waals surface area contributed by atoms with Crippen LogP contribution < -0.4 is 31.3 Å². The van der Waals surface area contributed by atoms with Gasteiger partial charge in [0.05, 0.1) is 44.4 Å². The van der Waals surface area contributed by atoms with Gasteiger partial charge in [0.1, 0.15) is 11.1 Å². The minimum Gasteiger partial charge on any atom is -0.366 e. The van der Waals surface area contributed by atoms with Gasteiger partial charge in [-0.05, 0) is 112 Å². The average molecular weight is 1100 g/mol. The normalized spacial score (nSPS) is 18.9. The van der Waals surface area contributed by atoms with Crippen LogP contribution in [0.25, 0.3) is 21.8 Å². The van der Waals surface area contributed by atoms with Crippen molar-refractivity contribution >= 4 is 81.2 Å². The Balaban J connectivity index is 0.000000260. The molecule has 6 heterocycles. The molecule has 2 amide bonds. The number of pyridine rings is 2. The van der Waals surface area contributed by atoms with Crippen LogP contribution in [0.1, 0.15) is 109 Å². The highest BCUT2D eigenvalue weighted by molar-refractivity contribution is 6.07. The molecule has 4 aliphatic rings. The molecule has 4 bridgehead atoms. The molecule has 74 heavy (non-hydrogen) atoms. The number of H-pyrrole nitrogens is 2. The van der Waals surface area contributed by atoms with E-state index < -0.39 is 103 Å². The second-order valence-electron chi connectivity index (χ2n) is 17.6. The van der Waals surface area contributed by atoms with Crippen LogP contribution in [0.5, 0.6) is 0 Å². The number of carbonyl (C=O) groups excluding carboxylic acids is 2. The highest BCUT2D eigenvalue weighted by atomic mass is 35.5. The Labute approximate surface area is 426 Å². The summed E-state index contributed by atoms with van der Waals surface area (Å²) in [5.41, 5.74) is -9.27. The number of aromatic nitrogens is 2. The van der Waals surface area contributed by atoms with Gasteiger partial charge < -0.3 is 30.4 Å². The molecule has 0 radical (unpaired) electrons. The Morgan fingerprint density at radius 1 is 0.459 bits per heavy atom. The predicted molar refractivity (Wildman–Crippen MR) is 263 cm³/mol. The van der Waals surface area contributed by atoms with Gasteiger partial charge in [0.2, 0.25) is 10.9 Å². The van der Waals surface area contributed by atoms with E-state index in [9.17, 15) is 71.9 Å². The summed E-state index contributed by atoms with van der Waals surface area (Å²) in [6.45, 7) is 0. The summed E-state index contributed by atoms with van der Waals surface area (Å²) in [4.78, 5) is 60.1. The fourth-order valence-corrected chi connectivity index (χ4v) is 10.5. The van der Waals surface area contributed by atoms with Crippen molar-refractivity contribution in [1.29, 1.82) is 0 Å². The van der Waals surface area contributed by atoms with Gasteiger partial charge >= 0.3 is 24.7 Å². The zero-order chi connectivity index (χ0) is 50.2. The fraction of sp³-hybridized carbons (Fsp3) is 0.360. The molecule has 0 spiro atoms. The molecule has 0 atom stereocenters. The van der Waals surface area contributed by atoms with Crippen molar-refractivity contribution in [2.45, 2.75) is 115 Å². The van der Waals surface area contributed by atoms with Crippen LogP contribution in [0.15, 0.2) is 94.8 Å². The SMILES string of the molecule is C.C.Cl.Cl.O=C(Nc1ccc(N2C3CCC2CC3)cc1C(F)(F)F)c1c[nH]c2cccc(C(F)(F)F)c2c1=O.O=C(Nc1ccc(N2C3CCC2CC3)cc1C(F)(F)F)c1c[nH]c2cccc(C(F)(F)F)c2c1=O. The molecule has 4 fully saturated rings. The molecule has 0 saturated carbocycles. The van der Waals surface area contributed by atoms with Gasteiger partial charge in [-0.1, -0.05) is 27.0 Å². The Kier molecular flexibility index (Phi) is 16.9. The van der Waals surface area contributed by atoms with Crippen LogP contribution in [0, 0.1) is 0 Å². The lowest BCUT2D eigenvalue weighted by Crippen LogP contribution is -2.29. The number of nitrogens with zero attached hydrogens (tertiary/aromatic N) is 2. The zero-order valence-electron chi connectivity index (χ0n) is 36.9. The van der Waals surface area contributed by atoms with Gasteiger partial charge in [0, 0.05) is 59.0 Å². The lowest BCUT2D eigenvalue weighted by Gasteiger charge is -2.26. The van der Waals surface area contributed by atoms with Gasteiger partial charge in [-0.15, -0.1) is 24.8 Å². The molecular formula is C50H48Cl2F12N6O4. The summed E-state index contributed by atoms with van der Waals surface area (Å²) in [7, 11) is 0. The number of amides is 2. The van der Waals surface area contributed by atoms with Crippen molar-refractivity contribution in [3.05, 3.63) is 139 Å². The van der Waals surface area contributed by atoms with Gasteiger partial charge in [-0.2, -0.15) is 52.7 Å². The number of fused-ring (bicyclic) bond motifs is 6. The molecule has 0 aliphatic carbocycles. The zero-order valence-corrected chi connectivity index (χ0v) is 38.6. The minimum atomic E-state index is -4.87. The van der Waals surface area contributed by atoms with E-state index in [0.29, 0.717) is 23.5 Å². The van der Waals surface area contributed by atoms with E-state index in [2.05, 4.69) is 20.6 Å². The van der Waals surface area contributed by atoms with E-state index >= 15 is 0 Å². The topological polar surface area (TPSA) is 130 Å². The van der Waals surface area contributed by atoms with Crippen molar-refractivity contribution in [3.63, 3.8) is 0 Å². The third-order valence-electron chi connectivity index (χ3n) is 13.5. The molecule has 10 nitrogen and oxygen atoms in total. The Morgan fingerprint density at radius 3 is 1.04 bits per heavy atom. The third-order valence-corrected chi connectivity index (χ3v) is 13.5. The molecular weight excluding hydrogens is 1050 g/mol. The number of nitrogens with one attached hydrogen (secondary N) is 4. The highest BCUT2D eigenvalue weighted by Gasteiger charge is 2.44. The van der Waals surface area contributed by atoms with E-state index in [-0.39, 0.29) is 74.9 Å². The molecule has 400 valence electrons. The molecule has 4 saturated heterocycles. The van der Waals surface area contributed by atoms with Crippen LogP contribution >= 0.6 is 24.8 Å². The van der Waals surface area contributed by atoms with Crippen LogP contribution in [-0.2, 0) is 24.7 Å². The summed E-state index contributed by atoms with van der Waals surface area (Å²) in [6.07, 6.45) is -10.3. The fourth-order valence-electron chi connectivity index (χ4n) is 10.5. The first-order valence-corrected chi connectivity index (χ1v) is 21.9. The quantitative estimate of drug-likeness (QED) is 0.123. The van der Waals surface area contributed by atoms with Crippen molar-refractivity contribution in [1.82, 2.24) is 9.97 Å². The van der Waals surface area contributed by atoms with Crippen molar-refractivity contribution in [2.75, 3.05) is 20.4 Å². The van der Waals surface area contributed by atoms with Gasteiger partial charge in [-0.25, -0.2) is 0 Å². The monoisotopic (exact) mass is 1090 g/mol. The van der Waals surface area contributed by atoms with Crippen LogP contribution in [0.3, 0.4) is 0 Å². The molecule has 6 aromatic rings. The van der Waals surface area contributed by atoms with E-state index in [0.717, 1.165) is 100 Å². The third kappa shape index (κ3) is 11.0. The second-order valence-corrected chi connectivity index (χ2v) is 17.6. The average Bonchev–Trinajstić information content (AvgIpc) is 4.10. The molecule has 10 rings (SSSR count). The van der Waals surface area contributed by atoms with E-state index in [4.69, 9.17) is 0 Å². The van der Waals surface area contributed by atoms with E-state index in [1.54, 1.807) is 0 Å². The number of rotatable bonds is 6. The first-order valence-electron chi connectivity index (χ1n) is 21.9. The van der Waals surface area contributed by atoms with Crippen molar-refractivity contribution < 1.29 is 62.3 Å². The molecule has 4 aromatic carbocycles. The summed E-state index contributed by atoms with van der Waals surface area (Å²) in [5, 5.41) is 2.63. The standard InChI is InChI=1S/2C24H19F6N3O2.2CH4.2ClH/c2*25-23(26,27)16-2-1-3-19-20(16)21(34)15(11-31-19)22(35)32-18-9-8-14(10-17(18)24(28,29)30)33-12-4-5-13(33)7-6-12;;;;/h2*1-3,8-13H,4-7H2,(H,31,34)(H,32,35);2*1H4;2*1H. The van der Waals surface area contributed by atoms with Crippen LogP contribution in [0.2, 0.25) is 0 Å². The van der Waals surface area contributed by atoms with Gasteiger partial charge in [-0.3, -0.25) is 19.2 Å². The number of carbonyl (C=O) groups is 2. The van der Waals surface area contributed by atoms with Crippen LogP contribution in [0.4, 0.5) is 75.4 Å². The number of anilines is 4. The maximum Gasteiger partial charge on any atom is 0.418 e. The molecule has 4 aliphatic heterocycles. The molecule has 2 aromatic heterocycles. The first-order chi connectivity index (χ1) is 32.9. The minimum absolute atomic E-state index is 0. The van der Waals surface area contributed by atoms with Gasteiger partial charge in [0.25, 0.3) is 11.8 Å². The largest absolute Gasteiger partial charge is 0.418 e. The lowest BCUT2D eigenvalue weighted by atomic mass is 10.0. The summed E-state index contributed by atoms with van der Waals surface area (Å²) in [6, 6.07) is 13.9. The summed E-state index contributed by atoms with van der Waals surface area (Å²) >= 11 is 0. The first kappa shape index (κ1) is 58.5. The Morgan fingerprint density at radius 2 is 0.757 bits per heavy atom.